The van der Waals surface area contributed by atoms with Crippen molar-refractivity contribution in [3.05, 3.63) is 38.3 Å². The van der Waals surface area contributed by atoms with Gasteiger partial charge >= 0.3 is 12.0 Å². The normalized spacial score (nSPS) is 11.6. The number of hydrogen-bond acceptors (Lipinski definition) is 5. The van der Waals surface area contributed by atoms with Crippen molar-refractivity contribution in [3.8, 4) is 0 Å². The Balaban J connectivity index is 1.86. The minimum Gasteiger partial charge on any atom is -0.358 e. The molecule has 13 heteroatoms. The first kappa shape index (κ1) is 20.7. The van der Waals surface area contributed by atoms with E-state index in [4.69, 9.17) is 11.6 Å². The fourth-order valence-corrected chi connectivity index (χ4v) is 2.57. The number of nitrogens with zero attached hydrogens (tertiary/aromatic N) is 5. The van der Waals surface area contributed by atoms with E-state index in [1.54, 1.807) is 6.92 Å². The Labute approximate surface area is 156 Å². The van der Waals surface area contributed by atoms with Crippen LogP contribution in [-0.4, -0.2) is 36.9 Å². The highest BCUT2D eigenvalue weighted by Crippen LogP contribution is 2.35. The molecule has 2 aromatic rings. The summed E-state index contributed by atoms with van der Waals surface area (Å²) >= 11 is 5.64. The molecule has 0 spiro atoms. The summed E-state index contributed by atoms with van der Waals surface area (Å²) in [5.41, 5.74) is -0.494. The summed E-state index contributed by atoms with van der Waals surface area (Å²) < 4.78 is 40.7. The van der Waals surface area contributed by atoms with Crippen LogP contribution in [0.1, 0.15) is 23.5 Å². The summed E-state index contributed by atoms with van der Waals surface area (Å²) in [6.07, 6.45) is -4.77. The van der Waals surface area contributed by atoms with E-state index in [1.165, 1.54) is 17.7 Å². The van der Waals surface area contributed by atoms with Crippen molar-refractivity contribution in [2.75, 3.05) is 6.54 Å². The van der Waals surface area contributed by atoms with Crippen molar-refractivity contribution >= 4 is 23.3 Å². The van der Waals surface area contributed by atoms with E-state index in [2.05, 4.69) is 15.5 Å². The highest BCUT2D eigenvalue weighted by Gasteiger charge is 2.38. The molecule has 0 bridgehead atoms. The van der Waals surface area contributed by atoms with E-state index in [1.807, 2.05) is 0 Å². The van der Waals surface area contributed by atoms with Crippen LogP contribution >= 0.6 is 11.6 Å². The molecule has 148 valence electrons. The predicted molar refractivity (Wildman–Crippen MR) is 88.2 cm³/mol. The number of carbonyl (C=O) groups is 1. The Bertz CT molecular complexity index is 861. The van der Waals surface area contributed by atoms with Crippen LogP contribution in [0.3, 0.4) is 0 Å². The molecule has 0 unspecified atom stereocenters. The average molecular weight is 409 g/mol. The highest BCUT2D eigenvalue weighted by molar-refractivity contribution is 6.31. The molecule has 0 aromatic carbocycles. The van der Waals surface area contributed by atoms with Gasteiger partial charge in [0.15, 0.2) is 5.69 Å². The van der Waals surface area contributed by atoms with Crippen LogP contribution in [0.15, 0.2) is 6.07 Å². The Morgan fingerprint density at radius 2 is 1.96 bits per heavy atom. The standard InChI is InChI=1S/C14H16ClF3N6O3/c1-8-7-10(24(26)27)20-22(8)6-4-19-11(25)3-5-23-9(2)12(15)13(21-23)14(16,17)18/h7H,3-6H2,1-2H3,(H,19,25). The Kier molecular flexibility index (Phi) is 6.08. The quantitative estimate of drug-likeness (QED) is 0.559. The summed E-state index contributed by atoms with van der Waals surface area (Å²) in [5.74, 6) is -0.695. The number of nitro groups is 1. The average Bonchev–Trinajstić information content (AvgIpc) is 3.07. The number of amides is 1. The maximum Gasteiger partial charge on any atom is 0.436 e. The lowest BCUT2D eigenvalue weighted by Gasteiger charge is -2.06. The monoisotopic (exact) mass is 408 g/mol. The van der Waals surface area contributed by atoms with Gasteiger partial charge in [-0.1, -0.05) is 11.6 Å². The number of carbonyl (C=O) groups excluding carboxylic acids is 1. The van der Waals surface area contributed by atoms with Crippen LogP contribution in [0.25, 0.3) is 0 Å². The first-order valence-electron chi connectivity index (χ1n) is 7.76. The van der Waals surface area contributed by atoms with Gasteiger partial charge in [0.2, 0.25) is 5.91 Å². The molecular formula is C14H16ClF3N6O3. The van der Waals surface area contributed by atoms with Gasteiger partial charge in [0.25, 0.3) is 0 Å². The number of aromatic nitrogens is 4. The zero-order chi connectivity index (χ0) is 20.4. The van der Waals surface area contributed by atoms with E-state index >= 15 is 0 Å². The van der Waals surface area contributed by atoms with E-state index in [9.17, 15) is 28.1 Å². The molecule has 0 saturated carbocycles. The molecule has 1 N–H and O–H groups in total. The van der Waals surface area contributed by atoms with Gasteiger partial charge in [0.1, 0.15) is 0 Å². The number of alkyl halides is 3. The van der Waals surface area contributed by atoms with Gasteiger partial charge in [-0.25, -0.2) is 0 Å². The summed E-state index contributed by atoms with van der Waals surface area (Å²) in [7, 11) is 0. The second kappa shape index (κ2) is 7.94. The number of halogens is 4. The molecule has 0 aliphatic heterocycles. The molecular weight excluding hydrogens is 393 g/mol. The third-order valence-corrected chi connectivity index (χ3v) is 4.21. The summed E-state index contributed by atoms with van der Waals surface area (Å²) in [5, 5.41) is 19.9. The fourth-order valence-electron chi connectivity index (χ4n) is 2.33. The Hall–Kier alpha value is -2.63. The first-order valence-corrected chi connectivity index (χ1v) is 8.14. The summed E-state index contributed by atoms with van der Waals surface area (Å²) in [6, 6.07) is 1.31. The third kappa shape index (κ3) is 4.96. The Morgan fingerprint density at radius 1 is 1.30 bits per heavy atom. The van der Waals surface area contributed by atoms with Crippen molar-refractivity contribution < 1.29 is 22.9 Å². The maximum atomic E-state index is 12.8. The maximum absolute atomic E-state index is 12.8. The summed E-state index contributed by atoms with van der Waals surface area (Å²) in [4.78, 5) is 21.9. The van der Waals surface area contributed by atoms with E-state index in [-0.39, 0.29) is 37.6 Å². The first-order chi connectivity index (χ1) is 12.5. The van der Waals surface area contributed by atoms with Gasteiger partial charge in [-0.3, -0.25) is 9.48 Å². The highest BCUT2D eigenvalue weighted by atomic mass is 35.5. The zero-order valence-electron chi connectivity index (χ0n) is 14.4. The van der Waals surface area contributed by atoms with Crippen molar-refractivity contribution in [3.63, 3.8) is 0 Å². The molecule has 0 aliphatic carbocycles. The van der Waals surface area contributed by atoms with Gasteiger partial charge in [-0.15, -0.1) is 0 Å². The fraction of sp³-hybridized carbons (Fsp3) is 0.500. The van der Waals surface area contributed by atoms with Gasteiger partial charge in [-0.05, 0) is 18.8 Å². The van der Waals surface area contributed by atoms with Gasteiger partial charge in [0.05, 0.1) is 40.7 Å². The smallest absolute Gasteiger partial charge is 0.358 e. The van der Waals surface area contributed by atoms with Crippen molar-refractivity contribution in [2.24, 2.45) is 0 Å². The van der Waals surface area contributed by atoms with Gasteiger partial charge in [0, 0.05) is 13.0 Å². The van der Waals surface area contributed by atoms with Gasteiger partial charge < -0.3 is 15.4 Å². The largest absolute Gasteiger partial charge is 0.436 e. The molecule has 1 amide bonds. The molecule has 0 saturated heterocycles. The van der Waals surface area contributed by atoms with Crippen molar-refractivity contribution in [1.82, 2.24) is 24.9 Å². The second-order valence-electron chi connectivity index (χ2n) is 5.69. The summed E-state index contributed by atoms with van der Waals surface area (Å²) in [6.45, 7) is 3.33. The third-order valence-electron chi connectivity index (χ3n) is 3.75. The molecule has 9 nitrogen and oxygen atoms in total. The molecule has 27 heavy (non-hydrogen) atoms. The van der Waals surface area contributed by atoms with Crippen LogP contribution in [-0.2, 0) is 24.1 Å². The SMILES string of the molecule is Cc1cc([N+](=O)[O-])nn1CCNC(=O)CCn1nc(C(F)(F)F)c(Cl)c1C. The molecule has 2 rings (SSSR count). The zero-order valence-corrected chi connectivity index (χ0v) is 15.1. The van der Waals surface area contributed by atoms with Crippen LogP contribution in [0.5, 0.6) is 0 Å². The lowest BCUT2D eigenvalue weighted by Crippen LogP contribution is -2.28. The van der Waals surface area contributed by atoms with Crippen molar-refractivity contribution in [2.45, 2.75) is 39.5 Å². The van der Waals surface area contributed by atoms with Crippen molar-refractivity contribution in [1.29, 1.82) is 0 Å². The molecule has 0 radical (unpaired) electrons. The molecule has 0 aliphatic rings. The lowest BCUT2D eigenvalue weighted by atomic mass is 10.3. The minimum atomic E-state index is -4.67. The number of rotatable bonds is 7. The van der Waals surface area contributed by atoms with Crippen LogP contribution in [0.2, 0.25) is 5.02 Å². The Morgan fingerprint density at radius 3 is 2.48 bits per heavy atom. The number of aryl methyl sites for hydroxylation is 2. The van der Waals surface area contributed by atoms with Gasteiger partial charge in [-0.2, -0.15) is 23.0 Å². The predicted octanol–water partition coefficient (Wildman–Crippen LogP) is 2.48. The molecule has 0 fully saturated rings. The topological polar surface area (TPSA) is 108 Å². The van der Waals surface area contributed by atoms with Crippen LogP contribution in [0.4, 0.5) is 19.0 Å². The molecule has 2 heterocycles. The van der Waals surface area contributed by atoms with E-state index < -0.39 is 27.7 Å². The van der Waals surface area contributed by atoms with E-state index in [0.29, 0.717) is 5.69 Å². The van der Waals surface area contributed by atoms with Crippen LogP contribution < -0.4 is 5.32 Å². The van der Waals surface area contributed by atoms with E-state index in [0.717, 1.165) is 4.68 Å². The minimum absolute atomic E-state index is 0.0697. The number of hydrogen-bond donors (Lipinski definition) is 1. The molecule has 0 atom stereocenters. The lowest BCUT2D eigenvalue weighted by molar-refractivity contribution is -0.389. The number of nitrogens with one attached hydrogen (secondary N) is 1. The second-order valence-corrected chi connectivity index (χ2v) is 6.07. The molecule has 2 aromatic heterocycles. The van der Waals surface area contributed by atoms with Crippen LogP contribution in [0, 0.1) is 24.0 Å².